The van der Waals surface area contributed by atoms with Crippen molar-refractivity contribution in [2.24, 2.45) is 0 Å². The number of nitrogens with zero attached hydrogens (tertiary/aromatic N) is 4. The van der Waals surface area contributed by atoms with E-state index in [9.17, 15) is 0 Å². The maximum absolute atomic E-state index is 5.07. The molecule has 0 saturated heterocycles. The lowest BCUT2D eigenvalue weighted by Gasteiger charge is -2.17. The SMILES string of the molecule is C1=C(c2ccc(-c3cc(-c4ccccc4)nc(-c4ccccc4)n3)cc2)c2ccccc2-c2nc3ccccn3c2CC1. The Labute approximate surface area is 250 Å². The van der Waals surface area contributed by atoms with E-state index in [1.165, 1.54) is 28.0 Å². The molecule has 4 heteroatoms. The summed E-state index contributed by atoms with van der Waals surface area (Å²) in [4.78, 5) is 15.0. The summed E-state index contributed by atoms with van der Waals surface area (Å²) in [6, 6.07) is 46.2. The molecule has 204 valence electrons. The third-order valence-corrected chi connectivity index (χ3v) is 8.15. The van der Waals surface area contributed by atoms with Crippen molar-refractivity contribution in [2.75, 3.05) is 0 Å². The van der Waals surface area contributed by atoms with E-state index in [1.807, 2.05) is 36.4 Å². The second-order valence-corrected chi connectivity index (χ2v) is 10.8. The molecule has 0 N–H and O–H groups in total. The molecule has 3 heterocycles. The van der Waals surface area contributed by atoms with Gasteiger partial charge in [0.25, 0.3) is 0 Å². The molecule has 1 aliphatic rings. The Morgan fingerprint density at radius 1 is 0.512 bits per heavy atom. The molecule has 43 heavy (non-hydrogen) atoms. The molecule has 0 amide bonds. The second-order valence-electron chi connectivity index (χ2n) is 10.8. The molecule has 0 spiro atoms. The molecule has 0 bridgehead atoms. The van der Waals surface area contributed by atoms with Gasteiger partial charge >= 0.3 is 0 Å². The van der Waals surface area contributed by atoms with Crippen LogP contribution in [0.2, 0.25) is 0 Å². The number of hydrogen-bond acceptors (Lipinski definition) is 3. The van der Waals surface area contributed by atoms with E-state index in [1.54, 1.807) is 0 Å². The number of rotatable bonds is 4. The van der Waals surface area contributed by atoms with Crippen molar-refractivity contribution in [3.8, 4) is 45.2 Å². The molecule has 4 nitrogen and oxygen atoms in total. The Hall–Kier alpha value is -5.61. The number of aromatic nitrogens is 4. The lowest BCUT2D eigenvalue weighted by Crippen LogP contribution is -2.01. The third-order valence-electron chi connectivity index (χ3n) is 8.15. The second kappa shape index (κ2) is 10.7. The van der Waals surface area contributed by atoms with Gasteiger partial charge in [-0.3, -0.25) is 0 Å². The van der Waals surface area contributed by atoms with Gasteiger partial charge in [0.05, 0.1) is 22.8 Å². The minimum Gasteiger partial charge on any atom is -0.303 e. The standard InChI is InChI=1S/C39H28N4/c1-3-12-28(13-4-1)34-26-35(41-39(40-34)30-14-5-2-6-15-30)29-23-21-27(22-24-29)31-18-11-19-36-38(33-17-8-7-16-32(31)33)42-37-20-9-10-25-43(36)37/h1-10,12-18,20-26H,11,19H2. The highest BCUT2D eigenvalue weighted by Crippen LogP contribution is 2.38. The van der Waals surface area contributed by atoms with Gasteiger partial charge < -0.3 is 4.40 Å². The van der Waals surface area contributed by atoms with Crippen molar-refractivity contribution in [1.82, 2.24) is 19.4 Å². The van der Waals surface area contributed by atoms with Crippen molar-refractivity contribution in [1.29, 1.82) is 0 Å². The Balaban J connectivity index is 1.20. The van der Waals surface area contributed by atoms with E-state index < -0.39 is 0 Å². The van der Waals surface area contributed by atoms with Gasteiger partial charge in [0, 0.05) is 28.5 Å². The minimum atomic E-state index is 0.723. The Bertz CT molecular complexity index is 2050. The van der Waals surface area contributed by atoms with Crippen LogP contribution in [0.1, 0.15) is 23.2 Å². The zero-order valence-corrected chi connectivity index (χ0v) is 23.6. The van der Waals surface area contributed by atoms with Gasteiger partial charge in [-0.25, -0.2) is 15.0 Å². The van der Waals surface area contributed by atoms with Crippen molar-refractivity contribution in [2.45, 2.75) is 12.8 Å². The van der Waals surface area contributed by atoms with E-state index in [-0.39, 0.29) is 0 Å². The monoisotopic (exact) mass is 552 g/mol. The van der Waals surface area contributed by atoms with E-state index in [4.69, 9.17) is 15.0 Å². The molecule has 0 atom stereocenters. The first-order valence-electron chi connectivity index (χ1n) is 14.7. The third kappa shape index (κ3) is 4.63. The summed E-state index contributed by atoms with van der Waals surface area (Å²) in [5.74, 6) is 0.723. The van der Waals surface area contributed by atoms with Gasteiger partial charge in [-0.2, -0.15) is 0 Å². The summed E-state index contributed by atoms with van der Waals surface area (Å²) in [6.07, 6.45) is 6.37. The van der Waals surface area contributed by atoms with Crippen molar-refractivity contribution < 1.29 is 0 Å². The Kier molecular flexibility index (Phi) is 6.23. The van der Waals surface area contributed by atoms with Crippen LogP contribution in [-0.4, -0.2) is 19.4 Å². The van der Waals surface area contributed by atoms with Crippen LogP contribution < -0.4 is 0 Å². The minimum absolute atomic E-state index is 0.723. The van der Waals surface area contributed by atoms with Crippen LogP contribution in [0.3, 0.4) is 0 Å². The van der Waals surface area contributed by atoms with E-state index in [2.05, 4.69) is 114 Å². The number of fused-ring (bicyclic) bond motifs is 5. The van der Waals surface area contributed by atoms with Gasteiger partial charge in [-0.15, -0.1) is 0 Å². The molecular formula is C39H28N4. The number of imidazole rings is 1. The summed E-state index contributed by atoms with van der Waals surface area (Å²) in [5.41, 5.74) is 13.1. The maximum Gasteiger partial charge on any atom is 0.160 e. The fourth-order valence-corrected chi connectivity index (χ4v) is 6.05. The quantitative estimate of drug-likeness (QED) is 0.219. The Morgan fingerprint density at radius 2 is 1.12 bits per heavy atom. The Morgan fingerprint density at radius 3 is 1.86 bits per heavy atom. The summed E-state index contributed by atoms with van der Waals surface area (Å²) in [7, 11) is 0. The molecule has 3 aromatic heterocycles. The molecule has 0 saturated carbocycles. The fraction of sp³-hybridized carbons (Fsp3) is 0.0513. The molecular weight excluding hydrogens is 524 g/mol. The first kappa shape index (κ1) is 25.1. The number of pyridine rings is 1. The molecule has 0 fully saturated rings. The zero-order chi connectivity index (χ0) is 28.6. The summed E-state index contributed by atoms with van der Waals surface area (Å²) < 4.78 is 2.23. The van der Waals surface area contributed by atoms with Crippen LogP contribution in [0.5, 0.6) is 0 Å². The number of benzene rings is 4. The molecule has 8 rings (SSSR count). The van der Waals surface area contributed by atoms with E-state index >= 15 is 0 Å². The van der Waals surface area contributed by atoms with Crippen LogP contribution in [0.15, 0.2) is 146 Å². The van der Waals surface area contributed by atoms with E-state index in [0.717, 1.165) is 58.1 Å². The lowest BCUT2D eigenvalue weighted by molar-refractivity contribution is 0.922. The highest BCUT2D eigenvalue weighted by atomic mass is 15.0. The normalized spacial score (nSPS) is 12.6. The van der Waals surface area contributed by atoms with Gasteiger partial charge in [0.1, 0.15) is 5.65 Å². The zero-order valence-electron chi connectivity index (χ0n) is 23.6. The average Bonchev–Trinajstić information content (AvgIpc) is 3.44. The topological polar surface area (TPSA) is 43.1 Å². The molecule has 1 aliphatic carbocycles. The average molecular weight is 553 g/mol. The van der Waals surface area contributed by atoms with Crippen LogP contribution in [0, 0.1) is 0 Å². The first-order chi connectivity index (χ1) is 21.3. The van der Waals surface area contributed by atoms with Crippen LogP contribution in [0.25, 0.3) is 56.4 Å². The largest absolute Gasteiger partial charge is 0.303 e. The number of allylic oxidation sites excluding steroid dienone is 1. The highest BCUT2D eigenvalue weighted by molar-refractivity contribution is 5.90. The van der Waals surface area contributed by atoms with E-state index in [0.29, 0.717) is 0 Å². The summed E-state index contributed by atoms with van der Waals surface area (Å²) >= 11 is 0. The predicted molar refractivity (Wildman–Crippen MR) is 174 cm³/mol. The van der Waals surface area contributed by atoms with Gasteiger partial charge in [-0.05, 0) is 47.7 Å². The molecule has 0 radical (unpaired) electrons. The smallest absolute Gasteiger partial charge is 0.160 e. The molecule has 0 unspecified atom stereocenters. The number of hydrogen-bond donors (Lipinski definition) is 0. The predicted octanol–water partition coefficient (Wildman–Crippen LogP) is 9.17. The molecule has 7 aromatic rings. The lowest BCUT2D eigenvalue weighted by atomic mass is 9.88. The first-order valence-corrected chi connectivity index (χ1v) is 14.7. The summed E-state index contributed by atoms with van der Waals surface area (Å²) in [6.45, 7) is 0. The van der Waals surface area contributed by atoms with Gasteiger partial charge in [-0.1, -0.05) is 121 Å². The van der Waals surface area contributed by atoms with Crippen molar-refractivity contribution in [3.63, 3.8) is 0 Å². The van der Waals surface area contributed by atoms with Crippen LogP contribution in [0.4, 0.5) is 0 Å². The summed E-state index contributed by atoms with van der Waals surface area (Å²) in [5, 5.41) is 0. The van der Waals surface area contributed by atoms with Crippen molar-refractivity contribution >= 4 is 11.2 Å². The van der Waals surface area contributed by atoms with Crippen molar-refractivity contribution in [3.05, 3.63) is 163 Å². The highest BCUT2D eigenvalue weighted by Gasteiger charge is 2.21. The molecule has 4 aromatic carbocycles. The van der Waals surface area contributed by atoms with Gasteiger partial charge in [0.2, 0.25) is 0 Å². The fourth-order valence-electron chi connectivity index (χ4n) is 6.05. The molecule has 0 aliphatic heterocycles. The van der Waals surface area contributed by atoms with Gasteiger partial charge in [0.15, 0.2) is 5.82 Å². The van der Waals surface area contributed by atoms with Crippen LogP contribution >= 0.6 is 0 Å². The number of aryl methyl sites for hydroxylation is 1. The maximum atomic E-state index is 5.07. The van der Waals surface area contributed by atoms with Crippen LogP contribution in [-0.2, 0) is 6.42 Å².